The molecule has 4 fully saturated rings. The van der Waals surface area contributed by atoms with Gasteiger partial charge in [-0.2, -0.15) is 5.10 Å². The second-order valence-electron chi connectivity index (χ2n) is 10.0. The molecule has 8 nitrogen and oxygen atoms in total. The zero-order chi connectivity index (χ0) is 23.4. The molecular weight excluding hydrogens is 446 g/mol. The highest BCUT2D eigenvalue weighted by molar-refractivity contribution is 6.33. The maximum atomic E-state index is 13.4. The second-order valence-corrected chi connectivity index (χ2v) is 10.4. The van der Waals surface area contributed by atoms with Crippen molar-refractivity contribution in [2.45, 2.75) is 50.5 Å². The van der Waals surface area contributed by atoms with E-state index >= 15 is 0 Å². The topological polar surface area (TPSA) is 103 Å². The molecule has 176 valence electrons. The maximum Gasteiger partial charge on any atom is 0.303 e. The zero-order valence-electron chi connectivity index (χ0n) is 18.8. The molecule has 2 aromatic rings. The predicted octanol–water partition coefficient (Wildman–Crippen LogP) is 4.43. The number of benzene rings is 1. The zero-order valence-corrected chi connectivity index (χ0v) is 19.5. The van der Waals surface area contributed by atoms with Crippen molar-refractivity contribution in [2.24, 2.45) is 17.3 Å². The highest BCUT2D eigenvalue weighted by atomic mass is 35.5. The summed E-state index contributed by atoms with van der Waals surface area (Å²) in [6, 6.07) is 5.31. The van der Waals surface area contributed by atoms with Gasteiger partial charge in [0, 0.05) is 6.07 Å². The third kappa shape index (κ3) is 3.74. The molecule has 0 aliphatic heterocycles. The fourth-order valence-electron chi connectivity index (χ4n) is 7.08. The predicted molar refractivity (Wildman–Crippen MR) is 124 cm³/mol. The summed E-state index contributed by atoms with van der Waals surface area (Å²) >= 11 is 6.57. The Balaban J connectivity index is 1.49. The Hall–Kier alpha value is -2.74. The van der Waals surface area contributed by atoms with Gasteiger partial charge in [0.15, 0.2) is 0 Å². The summed E-state index contributed by atoms with van der Waals surface area (Å²) in [5, 5.41) is 17.3. The number of carboxylic acids is 1. The van der Waals surface area contributed by atoms with Crippen LogP contribution in [0.15, 0.2) is 29.2 Å². The van der Waals surface area contributed by atoms with E-state index in [0.717, 1.165) is 32.1 Å². The summed E-state index contributed by atoms with van der Waals surface area (Å²) in [7, 11) is 3.13. The fourth-order valence-corrected chi connectivity index (χ4v) is 7.26. The number of carboxylic acid groups (broad SMARTS) is 1. The lowest BCUT2D eigenvalue weighted by Crippen LogP contribution is -2.59. The molecule has 2 N–H and O–H groups in total. The first-order valence-corrected chi connectivity index (χ1v) is 11.6. The van der Waals surface area contributed by atoms with Gasteiger partial charge in [-0.1, -0.05) is 11.6 Å². The average molecular weight is 474 g/mol. The van der Waals surface area contributed by atoms with Crippen molar-refractivity contribution in [2.75, 3.05) is 19.5 Å². The van der Waals surface area contributed by atoms with Gasteiger partial charge < -0.3 is 19.9 Å². The van der Waals surface area contributed by atoms with Crippen molar-refractivity contribution in [3.05, 3.63) is 39.8 Å². The van der Waals surface area contributed by atoms with Gasteiger partial charge in [-0.15, -0.1) is 0 Å². The molecule has 2 atom stereocenters. The number of anilines is 2. The van der Waals surface area contributed by atoms with E-state index in [0.29, 0.717) is 41.1 Å². The van der Waals surface area contributed by atoms with Gasteiger partial charge in [-0.05, 0) is 67.9 Å². The Morgan fingerprint density at radius 3 is 2.58 bits per heavy atom. The van der Waals surface area contributed by atoms with Gasteiger partial charge in [0.1, 0.15) is 16.5 Å². The Morgan fingerprint density at radius 1 is 1.21 bits per heavy atom. The van der Waals surface area contributed by atoms with Gasteiger partial charge in [-0.3, -0.25) is 9.59 Å². The van der Waals surface area contributed by atoms with Crippen LogP contribution in [0.5, 0.6) is 11.5 Å². The van der Waals surface area contributed by atoms with Crippen molar-refractivity contribution < 1.29 is 19.4 Å². The minimum Gasteiger partial charge on any atom is -0.497 e. The van der Waals surface area contributed by atoms with Crippen LogP contribution in [0.1, 0.15) is 44.9 Å². The van der Waals surface area contributed by atoms with Crippen LogP contribution in [0.25, 0.3) is 0 Å². The van der Waals surface area contributed by atoms with Crippen LogP contribution in [-0.2, 0) is 10.3 Å². The van der Waals surface area contributed by atoms with Crippen LogP contribution in [0.4, 0.5) is 11.4 Å². The van der Waals surface area contributed by atoms with Crippen molar-refractivity contribution in [3.63, 3.8) is 0 Å². The molecule has 9 heteroatoms. The highest BCUT2D eigenvalue weighted by Gasteiger charge is 2.59. The summed E-state index contributed by atoms with van der Waals surface area (Å²) in [5.74, 6) is 1.29. The molecule has 0 spiro atoms. The lowest BCUT2D eigenvalue weighted by Gasteiger charge is -2.61. The molecule has 0 amide bonds. The minimum absolute atomic E-state index is 0.0610. The SMILES string of the molecule is COc1ccc(Nc2cnn(C34C[C@@H]5C[C@H](CC(CC(=O)O)(C5)C3)C4)c(=O)c2Cl)c(OC)c1. The number of hydrogen-bond donors (Lipinski definition) is 2. The summed E-state index contributed by atoms with van der Waals surface area (Å²) in [5.41, 5.74) is -0.0321. The largest absolute Gasteiger partial charge is 0.497 e. The third-order valence-corrected chi connectivity index (χ3v) is 8.09. The van der Waals surface area contributed by atoms with Crippen LogP contribution in [0.2, 0.25) is 5.02 Å². The maximum absolute atomic E-state index is 13.4. The Bertz CT molecular complexity index is 1150. The number of rotatable bonds is 7. The Morgan fingerprint density at radius 2 is 1.94 bits per heavy atom. The molecule has 4 aliphatic carbocycles. The molecule has 0 saturated heterocycles. The van der Waals surface area contributed by atoms with E-state index in [2.05, 4.69) is 10.4 Å². The smallest absolute Gasteiger partial charge is 0.303 e. The standard InChI is InChI=1S/C24H28ClN3O5/c1-32-16-3-4-17(19(6-16)33-2)27-18-12-26-28(22(31)21(18)25)24-9-14-5-15(10-24)8-23(7-14,13-24)11-20(29)30/h3-4,6,12,14-15,27H,5,7-11,13H2,1-2H3,(H,29,30)/t14-,15-,23?,24?/m1/s1. The molecule has 1 aromatic carbocycles. The third-order valence-electron chi connectivity index (χ3n) is 7.72. The molecule has 6 rings (SSSR count). The van der Waals surface area contributed by atoms with Crippen LogP contribution >= 0.6 is 11.6 Å². The number of halogens is 1. The molecule has 33 heavy (non-hydrogen) atoms. The summed E-state index contributed by atoms with van der Waals surface area (Å²) in [4.78, 5) is 25.1. The van der Waals surface area contributed by atoms with Gasteiger partial charge in [-0.25, -0.2) is 4.68 Å². The first-order chi connectivity index (χ1) is 15.8. The van der Waals surface area contributed by atoms with Crippen LogP contribution in [-0.4, -0.2) is 35.1 Å². The first kappa shape index (κ1) is 22.1. The van der Waals surface area contributed by atoms with E-state index in [1.54, 1.807) is 43.3 Å². The van der Waals surface area contributed by atoms with E-state index in [9.17, 15) is 14.7 Å². The first-order valence-electron chi connectivity index (χ1n) is 11.3. The summed E-state index contributed by atoms with van der Waals surface area (Å²) < 4.78 is 12.2. The molecule has 0 radical (unpaired) electrons. The van der Waals surface area contributed by atoms with E-state index < -0.39 is 11.5 Å². The van der Waals surface area contributed by atoms with E-state index in [4.69, 9.17) is 21.1 Å². The van der Waals surface area contributed by atoms with Crippen LogP contribution in [0.3, 0.4) is 0 Å². The van der Waals surface area contributed by atoms with Crippen molar-refractivity contribution in [1.29, 1.82) is 0 Å². The fraction of sp³-hybridized carbons (Fsp3) is 0.542. The molecule has 4 saturated carbocycles. The van der Waals surface area contributed by atoms with Gasteiger partial charge in [0.05, 0.1) is 43.8 Å². The van der Waals surface area contributed by atoms with Crippen LogP contribution in [0, 0.1) is 17.3 Å². The van der Waals surface area contributed by atoms with Gasteiger partial charge >= 0.3 is 5.97 Å². The molecule has 1 heterocycles. The van der Waals surface area contributed by atoms with Gasteiger partial charge in [0.25, 0.3) is 5.56 Å². The van der Waals surface area contributed by atoms with Gasteiger partial charge in [0.2, 0.25) is 0 Å². The van der Waals surface area contributed by atoms with E-state index in [1.807, 2.05) is 0 Å². The van der Waals surface area contributed by atoms with E-state index in [1.165, 1.54) is 0 Å². The number of nitrogens with zero attached hydrogens (tertiary/aromatic N) is 2. The number of hydrogen-bond acceptors (Lipinski definition) is 6. The van der Waals surface area contributed by atoms with Crippen molar-refractivity contribution in [3.8, 4) is 11.5 Å². The number of methoxy groups -OCH3 is 2. The normalized spacial score (nSPS) is 29.7. The number of ether oxygens (including phenoxy) is 2. The lowest BCUT2D eigenvalue weighted by atomic mass is 9.46. The number of nitrogens with one attached hydrogen (secondary N) is 1. The Labute approximate surface area is 196 Å². The highest BCUT2D eigenvalue weighted by Crippen LogP contribution is 2.65. The van der Waals surface area contributed by atoms with Crippen LogP contribution < -0.4 is 20.3 Å². The summed E-state index contributed by atoms with van der Waals surface area (Å²) in [6.45, 7) is 0. The Kier molecular flexibility index (Phi) is 5.31. The molecule has 4 aliphatic rings. The van der Waals surface area contributed by atoms with E-state index in [-0.39, 0.29) is 22.4 Å². The molecular formula is C24H28ClN3O5. The van der Waals surface area contributed by atoms with Crippen molar-refractivity contribution >= 4 is 28.9 Å². The summed E-state index contributed by atoms with van der Waals surface area (Å²) in [6.07, 6.45) is 7.08. The molecule has 4 bridgehead atoms. The lowest BCUT2D eigenvalue weighted by molar-refractivity contribution is -0.151. The second kappa shape index (κ2) is 7.94. The average Bonchev–Trinajstić information content (AvgIpc) is 2.75. The molecule has 1 aromatic heterocycles. The monoisotopic (exact) mass is 473 g/mol. The minimum atomic E-state index is -0.765. The molecule has 0 unspecified atom stereocenters. The number of aliphatic carboxylic acids is 1. The quantitative estimate of drug-likeness (QED) is 0.613. The van der Waals surface area contributed by atoms with Crippen molar-refractivity contribution in [1.82, 2.24) is 9.78 Å². The number of carbonyl (C=O) groups is 1. The number of aromatic nitrogens is 2.